The van der Waals surface area contributed by atoms with Crippen LogP contribution in [0.2, 0.25) is 0 Å². The Bertz CT molecular complexity index is 216. The van der Waals surface area contributed by atoms with Crippen LogP contribution in [-0.4, -0.2) is 43.5 Å². The molecule has 3 heteroatoms. The first-order valence-corrected chi connectivity index (χ1v) is 6.87. The zero-order chi connectivity index (χ0) is 11.4. The summed E-state index contributed by atoms with van der Waals surface area (Å²) in [6.07, 6.45) is 8.06. The third-order valence-corrected chi connectivity index (χ3v) is 4.59. The van der Waals surface area contributed by atoms with E-state index in [-0.39, 0.29) is 0 Å². The molecule has 3 nitrogen and oxygen atoms in total. The Kier molecular flexibility index (Phi) is 4.22. The van der Waals surface area contributed by atoms with Crippen molar-refractivity contribution in [3.8, 4) is 0 Å². The van der Waals surface area contributed by atoms with E-state index in [1.807, 2.05) is 4.90 Å². The average Bonchev–Trinajstić information content (AvgIpc) is 2.39. The molecular formula is C13H25N2O+. The van der Waals surface area contributed by atoms with E-state index in [9.17, 15) is 4.79 Å². The van der Waals surface area contributed by atoms with Crippen LogP contribution in [0.25, 0.3) is 0 Å². The summed E-state index contributed by atoms with van der Waals surface area (Å²) in [6, 6.07) is 0.886. The number of carbonyl (C=O) groups is 1. The van der Waals surface area contributed by atoms with Crippen molar-refractivity contribution in [1.82, 2.24) is 4.90 Å². The fourth-order valence-electron chi connectivity index (χ4n) is 3.30. The molecule has 0 radical (unpaired) electrons. The topological polar surface area (TPSA) is 24.8 Å². The molecular weight excluding hydrogens is 200 g/mol. The average molecular weight is 225 g/mol. The van der Waals surface area contributed by atoms with Crippen LogP contribution in [-0.2, 0) is 4.79 Å². The minimum absolute atomic E-state index is 0.886. The summed E-state index contributed by atoms with van der Waals surface area (Å²) in [5.41, 5.74) is 0. The Morgan fingerprint density at radius 2 is 1.81 bits per heavy atom. The number of piperazine rings is 1. The van der Waals surface area contributed by atoms with E-state index in [2.05, 4.69) is 6.92 Å². The maximum Gasteiger partial charge on any atom is 0.210 e. The molecule has 2 rings (SSSR count). The van der Waals surface area contributed by atoms with Gasteiger partial charge in [-0.3, -0.25) is 4.79 Å². The predicted molar refractivity (Wildman–Crippen MR) is 64.4 cm³/mol. The number of amides is 1. The van der Waals surface area contributed by atoms with Gasteiger partial charge in [-0.05, 0) is 31.6 Å². The highest BCUT2D eigenvalue weighted by Gasteiger charge is 2.30. The first kappa shape index (κ1) is 11.9. The monoisotopic (exact) mass is 225 g/mol. The van der Waals surface area contributed by atoms with E-state index in [1.165, 1.54) is 45.2 Å². The van der Waals surface area contributed by atoms with Crippen molar-refractivity contribution in [2.75, 3.05) is 26.2 Å². The summed E-state index contributed by atoms with van der Waals surface area (Å²) in [5.74, 6) is 0.993. The molecule has 0 bridgehead atoms. The van der Waals surface area contributed by atoms with Gasteiger partial charge in [0.25, 0.3) is 0 Å². The normalized spacial score (nSPS) is 32.7. The number of carbonyl (C=O) groups excluding carboxylic acids is 1. The second kappa shape index (κ2) is 5.67. The lowest BCUT2D eigenvalue weighted by atomic mass is 9.84. The first-order valence-electron chi connectivity index (χ1n) is 6.87. The summed E-state index contributed by atoms with van der Waals surface area (Å²) < 4.78 is 0. The van der Waals surface area contributed by atoms with E-state index in [0.717, 1.165) is 31.5 Å². The van der Waals surface area contributed by atoms with Crippen LogP contribution in [0.1, 0.15) is 39.0 Å². The molecule has 0 atom stereocenters. The maximum absolute atomic E-state index is 10.6. The van der Waals surface area contributed by atoms with Crippen LogP contribution in [0.4, 0.5) is 0 Å². The van der Waals surface area contributed by atoms with Crippen LogP contribution in [0.3, 0.4) is 0 Å². The largest absolute Gasteiger partial charge is 0.334 e. The Balaban J connectivity index is 1.75. The Morgan fingerprint density at radius 3 is 2.31 bits per heavy atom. The van der Waals surface area contributed by atoms with E-state index < -0.39 is 0 Å². The number of nitrogens with zero attached hydrogens (tertiary/aromatic N) is 1. The van der Waals surface area contributed by atoms with Crippen molar-refractivity contribution in [2.45, 2.75) is 45.1 Å². The molecule has 0 aromatic carbocycles. The predicted octanol–water partition coefficient (Wildman–Crippen LogP) is 0.312. The van der Waals surface area contributed by atoms with E-state index >= 15 is 0 Å². The quantitative estimate of drug-likeness (QED) is 0.687. The van der Waals surface area contributed by atoms with Crippen LogP contribution in [0, 0.1) is 5.92 Å². The standard InChI is InChI=1S/C13H24N2O/c1-2-12-3-5-13(6-4-12)15-9-7-14(11-16)8-10-15/h11-13H,2-10H2,1H3/p+1. The zero-order valence-electron chi connectivity index (χ0n) is 10.5. The molecule has 92 valence electrons. The van der Waals surface area contributed by atoms with E-state index in [0.29, 0.717) is 0 Å². The molecule has 1 N–H and O–H groups in total. The molecule has 0 aromatic rings. The van der Waals surface area contributed by atoms with Gasteiger partial charge in [-0.15, -0.1) is 0 Å². The lowest BCUT2D eigenvalue weighted by Crippen LogP contribution is -3.18. The second-order valence-electron chi connectivity index (χ2n) is 5.43. The molecule has 16 heavy (non-hydrogen) atoms. The molecule has 1 heterocycles. The highest BCUT2D eigenvalue weighted by molar-refractivity contribution is 5.46. The smallest absolute Gasteiger partial charge is 0.210 e. The summed E-state index contributed by atoms with van der Waals surface area (Å²) >= 11 is 0. The molecule has 0 unspecified atom stereocenters. The number of hydrogen-bond donors (Lipinski definition) is 1. The van der Waals surface area contributed by atoms with Gasteiger partial charge in [0.05, 0.1) is 32.2 Å². The molecule has 0 aromatic heterocycles. The third-order valence-electron chi connectivity index (χ3n) is 4.59. The summed E-state index contributed by atoms with van der Waals surface area (Å²) in [5, 5.41) is 0. The number of hydrogen-bond acceptors (Lipinski definition) is 1. The van der Waals surface area contributed by atoms with Crippen molar-refractivity contribution in [3.05, 3.63) is 0 Å². The third kappa shape index (κ3) is 2.76. The molecule has 1 aliphatic heterocycles. The molecule has 2 aliphatic rings. The summed E-state index contributed by atoms with van der Waals surface area (Å²) in [4.78, 5) is 14.3. The van der Waals surface area contributed by atoms with Crippen LogP contribution < -0.4 is 4.90 Å². The van der Waals surface area contributed by atoms with Crippen LogP contribution >= 0.6 is 0 Å². The molecule has 1 aliphatic carbocycles. The second-order valence-corrected chi connectivity index (χ2v) is 5.43. The zero-order valence-corrected chi connectivity index (χ0v) is 10.5. The Hall–Kier alpha value is -0.570. The van der Waals surface area contributed by atoms with Crippen molar-refractivity contribution in [2.24, 2.45) is 5.92 Å². The Morgan fingerprint density at radius 1 is 1.19 bits per heavy atom. The van der Waals surface area contributed by atoms with Gasteiger partial charge >= 0.3 is 0 Å². The van der Waals surface area contributed by atoms with Gasteiger partial charge in [0.2, 0.25) is 6.41 Å². The van der Waals surface area contributed by atoms with Crippen molar-refractivity contribution >= 4 is 6.41 Å². The van der Waals surface area contributed by atoms with Gasteiger partial charge in [-0.25, -0.2) is 0 Å². The minimum Gasteiger partial charge on any atom is -0.334 e. The maximum atomic E-state index is 10.6. The first-order chi connectivity index (χ1) is 7.83. The number of nitrogens with one attached hydrogen (secondary N) is 1. The van der Waals surface area contributed by atoms with E-state index in [4.69, 9.17) is 0 Å². The lowest BCUT2D eigenvalue weighted by molar-refractivity contribution is -0.930. The summed E-state index contributed by atoms with van der Waals surface area (Å²) in [6.45, 7) is 6.58. The Labute approximate surface area is 98.8 Å². The van der Waals surface area contributed by atoms with Gasteiger partial charge in [0, 0.05) is 0 Å². The van der Waals surface area contributed by atoms with Gasteiger partial charge in [0.1, 0.15) is 0 Å². The highest BCUT2D eigenvalue weighted by atomic mass is 16.1. The fraction of sp³-hybridized carbons (Fsp3) is 0.923. The van der Waals surface area contributed by atoms with Crippen molar-refractivity contribution in [3.63, 3.8) is 0 Å². The van der Waals surface area contributed by atoms with Crippen LogP contribution in [0.15, 0.2) is 0 Å². The van der Waals surface area contributed by atoms with Gasteiger partial charge < -0.3 is 9.80 Å². The molecule has 1 saturated heterocycles. The molecule has 2 fully saturated rings. The minimum atomic E-state index is 0.886. The van der Waals surface area contributed by atoms with Crippen molar-refractivity contribution < 1.29 is 9.69 Å². The van der Waals surface area contributed by atoms with Gasteiger partial charge in [0.15, 0.2) is 0 Å². The number of rotatable bonds is 3. The fourth-order valence-corrected chi connectivity index (χ4v) is 3.30. The van der Waals surface area contributed by atoms with Crippen molar-refractivity contribution in [1.29, 1.82) is 0 Å². The van der Waals surface area contributed by atoms with E-state index in [1.54, 1.807) is 4.90 Å². The highest BCUT2D eigenvalue weighted by Crippen LogP contribution is 2.25. The van der Waals surface area contributed by atoms with Crippen LogP contribution in [0.5, 0.6) is 0 Å². The van der Waals surface area contributed by atoms with Gasteiger partial charge in [-0.2, -0.15) is 0 Å². The SMILES string of the molecule is CCC1CCC([NH+]2CCN(C=O)CC2)CC1. The molecule has 0 spiro atoms. The molecule has 1 amide bonds. The van der Waals surface area contributed by atoms with Gasteiger partial charge in [-0.1, -0.05) is 13.3 Å². The summed E-state index contributed by atoms with van der Waals surface area (Å²) in [7, 11) is 0. The molecule has 1 saturated carbocycles. The lowest BCUT2D eigenvalue weighted by Gasteiger charge is -2.38. The number of quaternary nitrogens is 1.